The molecule has 2 heteroatoms. The van der Waals surface area contributed by atoms with Crippen LogP contribution in [0, 0.1) is 0 Å². The minimum absolute atomic E-state index is 1.14. The van der Waals surface area contributed by atoms with Crippen molar-refractivity contribution in [2.24, 2.45) is 0 Å². The first-order valence-electron chi connectivity index (χ1n) is 21.9. The number of fused-ring (bicyclic) bond motifs is 4. The van der Waals surface area contributed by atoms with Gasteiger partial charge in [0.15, 0.2) is 0 Å². The van der Waals surface area contributed by atoms with Gasteiger partial charge in [0.05, 0.1) is 11.4 Å². The Morgan fingerprint density at radius 3 is 0.967 bits per heavy atom. The Kier molecular flexibility index (Phi) is 9.47. The first-order chi connectivity index (χ1) is 29.8. The Bertz CT molecular complexity index is 2710. The zero-order valence-corrected chi connectivity index (χ0v) is 34.0. The van der Waals surface area contributed by atoms with Crippen molar-refractivity contribution in [3.8, 4) is 22.3 Å². The molecule has 0 saturated heterocycles. The molecule has 0 aromatic heterocycles. The van der Waals surface area contributed by atoms with Crippen molar-refractivity contribution in [1.29, 1.82) is 0 Å². The third-order valence-electron chi connectivity index (χ3n) is 13.0. The maximum Gasteiger partial charge on any atom is 0.0540 e. The zero-order valence-electron chi connectivity index (χ0n) is 34.0. The van der Waals surface area contributed by atoms with Gasteiger partial charge in [0.1, 0.15) is 0 Å². The molecule has 0 heterocycles. The molecule has 0 aliphatic heterocycles. The average molecular weight is 773 g/mol. The van der Waals surface area contributed by atoms with Crippen molar-refractivity contribution in [3.05, 3.63) is 216 Å². The molecule has 0 amide bonds. The standard InChI is InChI=1S/C58H48N2/c1-3-21-45(22-4-1)59(55-31-15-19-41-17-7-9-25-49(41)55)47-37-33-43(34-38-47)57-51-27-11-13-29-53(51)58(54-30-14-12-28-52(54)57)44-35-39-48(40-36-44)60(46-23-5-2-6-24-46)56-32-16-20-42-18-8-10-26-50(42)56/h1-10,15-26,31-40H,11-14,27-30H2. The van der Waals surface area contributed by atoms with Crippen molar-refractivity contribution >= 4 is 55.7 Å². The van der Waals surface area contributed by atoms with E-state index in [1.54, 1.807) is 22.3 Å². The topological polar surface area (TPSA) is 6.48 Å². The summed E-state index contributed by atoms with van der Waals surface area (Å²) in [6.45, 7) is 0. The summed E-state index contributed by atoms with van der Waals surface area (Å²) in [5.41, 5.74) is 19.2. The maximum atomic E-state index is 2.42. The minimum atomic E-state index is 1.14. The molecule has 9 aromatic carbocycles. The molecule has 0 fully saturated rings. The number of nitrogens with zero attached hydrogens (tertiary/aromatic N) is 2. The Morgan fingerprint density at radius 2 is 0.583 bits per heavy atom. The van der Waals surface area contributed by atoms with Crippen LogP contribution in [-0.4, -0.2) is 0 Å². The van der Waals surface area contributed by atoms with Gasteiger partial charge in [-0.1, -0.05) is 133 Å². The van der Waals surface area contributed by atoms with E-state index in [2.05, 4.69) is 204 Å². The second-order valence-corrected chi connectivity index (χ2v) is 16.5. The summed E-state index contributed by atoms with van der Waals surface area (Å²) in [7, 11) is 0. The van der Waals surface area contributed by atoms with Gasteiger partial charge in [-0.05, 0) is 167 Å². The van der Waals surface area contributed by atoms with E-state index >= 15 is 0 Å². The van der Waals surface area contributed by atoms with Gasteiger partial charge in [-0.15, -0.1) is 0 Å². The molecule has 2 aliphatic carbocycles. The quantitative estimate of drug-likeness (QED) is 0.152. The molecule has 0 unspecified atom stereocenters. The molecular formula is C58H48N2. The van der Waals surface area contributed by atoms with E-state index in [9.17, 15) is 0 Å². The zero-order chi connectivity index (χ0) is 39.8. The third kappa shape index (κ3) is 6.44. The highest BCUT2D eigenvalue weighted by molar-refractivity contribution is 6.00. The van der Waals surface area contributed by atoms with Crippen LogP contribution in [0.25, 0.3) is 43.8 Å². The van der Waals surface area contributed by atoms with Crippen molar-refractivity contribution in [2.75, 3.05) is 9.80 Å². The van der Waals surface area contributed by atoms with Gasteiger partial charge in [0.2, 0.25) is 0 Å². The lowest BCUT2D eigenvalue weighted by molar-refractivity contribution is 0.662. The van der Waals surface area contributed by atoms with Crippen LogP contribution in [0.4, 0.5) is 34.1 Å². The lowest BCUT2D eigenvalue weighted by Crippen LogP contribution is -2.16. The predicted octanol–water partition coefficient (Wildman–Crippen LogP) is 16.0. The largest absolute Gasteiger partial charge is 0.310 e. The summed E-state index contributed by atoms with van der Waals surface area (Å²) in [6.07, 6.45) is 9.54. The molecule has 0 radical (unpaired) electrons. The number of para-hydroxylation sites is 2. The van der Waals surface area contributed by atoms with Gasteiger partial charge in [0, 0.05) is 33.5 Å². The van der Waals surface area contributed by atoms with E-state index in [-0.39, 0.29) is 0 Å². The highest BCUT2D eigenvalue weighted by atomic mass is 15.1. The summed E-state index contributed by atoms with van der Waals surface area (Å²) < 4.78 is 0. The number of rotatable bonds is 8. The molecule has 290 valence electrons. The Labute approximate surface area is 354 Å². The Morgan fingerprint density at radius 1 is 0.267 bits per heavy atom. The molecule has 2 aliphatic rings. The summed E-state index contributed by atoms with van der Waals surface area (Å²) in [6, 6.07) is 71.4. The van der Waals surface area contributed by atoms with E-state index in [1.807, 2.05) is 0 Å². The van der Waals surface area contributed by atoms with Crippen LogP contribution in [-0.2, 0) is 25.7 Å². The fourth-order valence-electron chi connectivity index (χ4n) is 10.3. The number of benzene rings is 9. The molecule has 0 atom stereocenters. The summed E-state index contributed by atoms with van der Waals surface area (Å²) >= 11 is 0. The second kappa shape index (κ2) is 15.7. The first kappa shape index (κ1) is 36.2. The van der Waals surface area contributed by atoms with Crippen LogP contribution in [0.15, 0.2) is 194 Å². The number of anilines is 6. The monoisotopic (exact) mass is 772 g/mol. The maximum absolute atomic E-state index is 2.42. The van der Waals surface area contributed by atoms with E-state index in [0.29, 0.717) is 0 Å². The smallest absolute Gasteiger partial charge is 0.0540 e. The Balaban J connectivity index is 1.02. The van der Waals surface area contributed by atoms with E-state index in [0.717, 1.165) is 37.1 Å². The fraction of sp³-hybridized carbons (Fsp3) is 0.138. The SMILES string of the molecule is c1ccc(N(c2ccc(-c3c4c(c(-c5ccc(N(c6ccccc6)c6cccc7ccccc67)cc5)c5c3CCCC5)CCCC4)cc2)c2cccc3ccccc23)cc1. The fourth-order valence-corrected chi connectivity index (χ4v) is 10.3. The molecule has 60 heavy (non-hydrogen) atoms. The molecule has 0 N–H and O–H groups in total. The Hall–Kier alpha value is -6.90. The predicted molar refractivity (Wildman–Crippen MR) is 255 cm³/mol. The van der Waals surface area contributed by atoms with Gasteiger partial charge >= 0.3 is 0 Å². The summed E-state index contributed by atoms with van der Waals surface area (Å²) in [4.78, 5) is 4.84. The van der Waals surface area contributed by atoms with E-state index in [4.69, 9.17) is 0 Å². The van der Waals surface area contributed by atoms with Crippen molar-refractivity contribution in [1.82, 2.24) is 0 Å². The van der Waals surface area contributed by atoms with Crippen LogP contribution in [0.3, 0.4) is 0 Å². The molecule has 11 rings (SSSR count). The number of hydrogen-bond donors (Lipinski definition) is 0. The van der Waals surface area contributed by atoms with Gasteiger partial charge in [-0.3, -0.25) is 0 Å². The van der Waals surface area contributed by atoms with E-state index < -0.39 is 0 Å². The van der Waals surface area contributed by atoms with Gasteiger partial charge in [-0.25, -0.2) is 0 Å². The summed E-state index contributed by atoms with van der Waals surface area (Å²) in [5, 5.41) is 5.00. The molecule has 2 nitrogen and oxygen atoms in total. The lowest BCUT2D eigenvalue weighted by Gasteiger charge is -2.32. The van der Waals surface area contributed by atoms with Gasteiger partial charge in [-0.2, -0.15) is 0 Å². The minimum Gasteiger partial charge on any atom is -0.310 e. The van der Waals surface area contributed by atoms with Crippen LogP contribution < -0.4 is 9.80 Å². The third-order valence-corrected chi connectivity index (χ3v) is 13.0. The molecule has 0 spiro atoms. The normalized spacial score (nSPS) is 13.5. The van der Waals surface area contributed by atoms with Gasteiger partial charge in [0.25, 0.3) is 0 Å². The molecule has 0 bridgehead atoms. The molecular weight excluding hydrogens is 725 g/mol. The van der Waals surface area contributed by atoms with Gasteiger partial charge < -0.3 is 9.80 Å². The van der Waals surface area contributed by atoms with Crippen molar-refractivity contribution in [2.45, 2.75) is 51.4 Å². The summed E-state index contributed by atoms with van der Waals surface area (Å²) in [5.74, 6) is 0. The van der Waals surface area contributed by atoms with Crippen LogP contribution in [0.5, 0.6) is 0 Å². The first-order valence-corrected chi connectivity index (χ1v) is 21.9. The number of hydrogen-bond acceptors (Lipinski definition) is 2. The van der Waals surface area contributed by atoms with Crippen molar-refractivity contribution in [3.63, 3.8) is 0 Å². The second-order valence-electron chi connectivity index (χ2n) is 16.5. The lowest BCUT2D eigenvalue weighted by atomic mass is 9.73. The molecule has 0 saturated carbocycles. The van der Waals surface area contributed by atoms with E-state index in [1.165, 1.54) is 92.2 Å². The van der Waals surface area contributed by atoms with Crippen molar-refractivity contribution < 1.29 is 0 Å². The molecule has 9 aromatic rings. The van der Waals surface area contributed by atoms with Crippen LogP contribution in [0.1, 0.15) is 47.9 Å². The highest BCUT2D eigenvalue weighted by Gasteiger charge is 2.29. The average Bonchev–Trinajstić information content (AvgIpc) is 3.32. The van der Waals surface area contributed by atoms with Crippen LogP contribution in [0.2, 0.25) is 0 Å². The highest BCUT2D eigenvalue weighted by Crippen LogP contribution is 2.48. The van der Waals surface area contributed by atoms with Crippen LogP contribution >= 0.6 is 0 Å².